The molecular weight excluding hydrogens is 537 g/mol. The molecule has 3 aliphatic heterocycles. The molecule has 1 aromatic carbocycles. The number of hydrogen-bond acceptors (Lipinski definition) is 4. The van der Waals surface area contributed by atoms with Crippen molar-refractivity contribution in [2.24, 2.45) is 4.99 Å². The number of nitrogens with one attached hydrogen (secondary N) is 2. The number of piperidine rings is 2. The minimum atomic E-state index is -0.540. The zero-order valence-corrected chi connectivity index (χ0v) is 22.3. The fourth-order valence-electron chi connectivity index (χ4n) is 5.48. The fraction of sp³-hybridized carbons (Fsp3) is 0.708. The van der Waals surface area contributed by atoms with E-state index in [1.54, 1.807) is 0 Å². The predicted octanol–water partition coefficient (Wildman–Crippen LogP) is 3.28. The number of halogens is 3. The average molecular weight is 577 g/mol. The van der Waals surface area contributed by atoms with Gasteiger partial charge in [-0.2, -0.15) is 0 Å². The molecule has 33 heavy (non-hydrogen) atoms. The summed E-state index contributed by atoms with van der Waals surface area (Å²) in [5.41, 5.74) is 0.651. The molecule has 3 aliphatic rings. The zero-order valence-electron chi connectivity index (χ0n) is 20.0. The van der Waals surface area contributed by atoms with E-state index in [0.29, 0.717) is 12.2 Å². The molecule has 0 aromatic heterocycles. The average Bonchev–Trinajstić information content (AvgIpc) is 3.26. The van der Waals surface area contributed by atoms with Crippen LogP contribution in [0.15, 0.2) is 23.2 Å². The number of likely N-dealkylation sites (tertiary alicyclic amines) is 2. The van der Waals surface area contributed by atoms with E-state index in [0.717, 1.165) is 44.6 Å². The summed E-state index contributed by atoms with van der Waals surface area (Å²) in [6.45, 7) is 6.95. The predicted molar refractivity (Wildman–Crippen MR) is 142 cm³/mol. The minimum absolute atomic E-state index is 0. The van der Waals surface area contributed by atoms with Gasteiger partial charge in [-0.05, 0) is 77.5 Å². The van der Waals surface area contributed by atoms with E-state index in [1.807, 2.05) is 11.9 Å². The number of rotatable bonds is 5. The van der Waals surface area contributed by atoms with Crippen LogP contribution in [0.1, 0.15) is 38.5 Å². The minimum Gasteiger partial charge on any atom is -0.367 e. The summed E-state index contributed by atoms with van der Waals surface area (Å²) < 4.78 is 27.4. The summed E-state index contributed by atoms with van der Waals surface area (Å²) in [4.78, 5) is 11.6. The third-order valence-corrected chi connectivity index (χ3v) is 7.53. The Bertz CT molecular complexity index is 793. The van der Waals surface area contributed by atoms with Crippen molar-refractivity contribution >= 4 is 35.6 Å². The van der Waals surface area contributed by atoms with Gasteiger partial charge in [0, 0.05) is 44.3 Å². The monoisotopic (exact) mass is 576 g/mol. The second kappa shape index (κ2) is 12.0. The van der Waals surface area contributed by atoms with Crippen molar-refractivity contribution in [3.8, 4) is 0 Å². The largest absolute Gasteiger partial charge is 0.367 e. The molecule has 1 atom stereocenters. The molecule has 2 N–H and O–H groups in total. The summed E-state index contributed by atoms with van der Waals surface area (Å²) in [5, 5.41) is 7.17. The van der Waals surface area contributed by atoms with Gasteiger partial charge in [-0.3, -0.25) is 9.89 Å². The molecule has 1 unspecified atom stereocenters. The Morgan fingerprint density at radius 2 is 1.82 bits per heavy atom. The van der Waals surface area contributed by atoms with Gasteiger partial charge < -0.3 is 20.4 Å². The van der Waals surface area contributed by atoms with Crippen LogP contribution in [0.2, 0.25) is 0 Å². The van der Waals surface area contributed by atoms with Crippen molar-refractivity contribution < 1.29 is 8.78 Å². The van der Waals surface area contributed by atoms with Gasteiger partial charge in [-0.25, -0.2) is 8.78 Å². The summed E-state index contributed by atoms with van der Waals surface area (Å²) >= 11 is 0. The topological polar surface area (TPSA) is 46.1 Å². The van der Waals surface area contributed by atoms with Crippen LogP contribution >= 0.6 is 24.0 Å². The van der Waals surface area contributed by atoms with E-state index in [4.69, 9.17) is 0 Å². The van der Waals surface area contributed by atoms with Crippen LogP contribution in [0.4, 0.5) is 14.5 Å². The number of nitrogens with zero attached hydrogens (tertiary/aromatic N) is 4. The first-order valence-corrected chi connectivity index (χ1v) is 12.1. The highest BCUT2D eigenvalue weighted by Crippen LogP contribution is 2.31. The smallest absolute Gasteiger partial charge is 0.191 e. The van der Waals surface area contributed by atoms with Gasteiger partial charge in [0.15, 0.2) is 5.96 Å². The van der Waals surface area contributed by atoms with Gasteiger partial charge in [-0.1, -0.05) is 6.42 Å². The van der Waals surface area contributed by atoms with Crippen LogP contribution in [-0.4, -0.2) is 87.2 Å². The Morgan fingerprint density at radius 3 is 2.48 bits per heavy atom. The normalized spacial score (nSPS) is 24.4. The van der Waals surface area contributed by atoms with Crippen LogP contribution in [0.5, 0.6) is 0 Å². The van der Waals surface area contributed by atoms with Gasteiger partial charge in [-0.15, -0.1) is 24.0 Å². The Kier molecular flexibility index (Phi) is 9.58. The van der Waals surface area contributed by atoms with Crippen molar-refractivity contribution in [3.63, 3.8) is 0 Å². The standard InChI is InChI=1S/C24H38F2N6.HI/c1-27-23(29-20-8-13-31(17-20)22-7-6-19(25)16-21(22)26)28-18-24(9-14-30(2)15-10-24)32-11-4-3-5-12-32;/h6-7,16,20H,3-5,8-15,17-18H2,1-2H3,(H2,27,28,29);1H. The SMILES string of the molecule is CN=C(NCC1(N2CCCCC2)CCN(C)CC1)NC1CCN(c2ccc(F)cc2F)C1.I. The molecule has 0 amide bonds. The summed E-state index contributed by atoms with van der Waals surface area (Å²) in [6, 6.07) is 3.98. The molecular formula is C24H39F2IN6. The molecule has 0 radical (unpaired) electrons. The van der Waals surface area contributed by atoms with Crippen molar-refractivity contribution in [2.45, 2.75) is 50.1 Å². The Hall–Kier alpha value is -1.20. The van der Waals surface area contributed by atoms with Crippen LogP contribution in [0, 0.1) is 11.6 Å². The lowest BCUT2D eigenvalue weighted by Crippen LogP contribution is -2.62. The highest BCUT2D eigenvalue weighted by molar-refractivity contribution is 14.0. The van der Waals surface area contributed by atoms with Crippen molar-refractivity contribution in [3.05, 3.63) is 29.8 Å². The van der Waals surface area contributed by atoms with E-state index >= 15 is 0 Å². The third-order valence-electron chi connectivity index (χ3n) is 7.53. The number of anilines is 1. The van der Waals surface area contributed by atoms with Crippen LogP contribution < -0.4 is 15.5 Å². The molecule has 3 heterocycles. The zero-order chi connectivity index (χ0) is 22.6. The third kappa shape index (κ3) is 6.48. The first-order chi connectivity index (χ1) is 15.5. The fourth-order valence-corrected chi connectivity index (χ4v) is 5.48. The van der Waals surface area contributed by atoms with E-state index < -0.39 is 11.6 Å². The maximum Gasteiger partial charge on any atom is 0.191 e. The van der Waals surface area contributed by atoms with Crippen molar-refractivity contribution in [1.29, 1.82) is 0 Å². The quantitative estimate of drug-likeness (QED) is 0.320. The number of guanidine groups is 1. The van der Waals surface area contributed by atoms with Gasteiger partial charge >= 0.3 is 0 Å². The molecule has 0 spiro atoms. The Morgan fingerprint density at radius 1 is 1.09 bits per heavy atom. The van der Waals surface area contributed by atoms with Gasteiger partial charge in [0.1, 0.15) is 11.6 Å². The van der Waals surface area contributed by atoms with E-state index in [-0.39, 0.29) is 35.6 Å². The van der Waals surface area contributed by atoms with Crippen LogP contribution in [-0.2, 0) is 0 Å². The molecule has 0 aliphatic carbocycles. The molecule has 186 valence electrons. The molecule has 3 saturated heterocycles. The van der Waals surface area contributed by atoms with Gasteiger partial charge in [0.25, 0.3) is 0 Å². The second-order valence-corrected chi connectivity index (χ2v) is 9.67. The molecule has 9 heteroatoms. The second-order valence-electron chi connectivity index (χ2n) is 9.67. The summed E-state index contributed by atoms with van der Waals surface area (Å²) in [5.74, 6) is -0.230. The highest BCUT2D eigenvalue weighted by atomic mass is 127. The summed E-state index contributed by atoms with van der Waals surface area (Å²) in [7, 11) is 4.02. The van der Waals surface area contributed by atoms with Gasteiger partial charge in [0.05, 0.1) is 5.69 Å². The van der Waals surface area contributed by atoms with Crippen molar-refractivity contribution in [2.75, 3.05) is 64.8 Å². The molecule has 1 aromatic rings. The maximum atomic E-state index is 14.2. The van der Waals surface area contributed by atoms with Crippen LogP contribution in [0.3, 0.4) is 0 Å². The molecule has 0 saturated carbocycles. The van der Waals surface area contributed by atoms with Crippen molar-refractivity contribution in [1.82, 2.24) is 20.4 Å². The first-order valence-electron chi connectivity index (χ1n) is 12.1. The van der Waals surface area contributed by atoms with E-state index in [2.05, 4.69) is 32.5 Å². The number of benzene rings is 1. The van der Waals surface area contributed by atoms with E-state index in [9.17, 15) is 8.78 Å². The summed E-state index contributed by atoms with van der Waals surface area (Å²) in [6.07, 6.45) is 7.17. The van der Waals surface area contributed by atoms with Crippen LogP contribution in [0.25, 0.3) is 0 Å². The maximum absolute atomic E-state index is 14.2. The Balaban J connectivity index is 0.00000306. The molecule has 4 rings (SSSR count). The highest BCUT2D eigenvalue weighted by Gasteiger charge is 2.39. The lowest BCUT2D eigenvalue weighted by Gasteiger charge is -2.50. The number of aliphatic imine (C=N–C) groups is 1. The molecule has 6 nitrogen and oxygen atoms in total. The first kappa shape index (κ1) is 26.4. The Labute approximate surface area is 214 Å². The molecule has 3 fully saturated rings. The van der Waals surface area contributed by atoms with E-state index in [1.165, 1.54) is 57.3 Å². The lowest BCUT2D eigenvalue weighted by atomic mass is 9.84. The molecule has 0 bridgehead atoms. The van der Waals surface area contributed by atoms with Gasteiger partial charge in [0.2, 0.25) is 0 Å². The number of hydrogen-bond donors (Lipinski definition) is 2. The lowest BCUT2D eigenvalue weighted by molar-refractivity contribution is 0.0173.